The Morgan fingerprint density at radius 2 is 1.76 bits per heavy atom. The fourth-order valence-corrected chi connectivity index (χ4v) is 4.33. The summed E-state index contributed by atoms with van der Waals surface area (Å²) in [5.74, 6) is -1.26. The van der Waals surface area contributed by atoms with Crippen LogP contribution in [0.15, 0.2) is 42.5 Å². The van der Waals surface area contributed by atoms with Gasteiger partial charge in [0.1, 0.15) is 12.6 Å². The Hall–Kier alpha value is -2.79. The number of amides is 2. The minimum atomic E-state index is -4.83. The zero-order valence-electron chi connectivity index (χ0n) is 19.0. The molecule has 7 nitrogen and oxygen atoms in total. The maximum absolute atomic E-state index is 13.3. The summed E-state index contributed by atoms with van der Waals surface area (Å²) in [5.41, 5.74) is -0.0421. The van der Waals surface area contributed by atoms with Gasteiger partial charge in [-0.05, 0) is 43.2 Å². The molecule has 0 heterocycles. The van der Waals surface area contributed by atoms with Crippen LogP contribution in [0.4, 0.5) is 18.9 Å². The van der Waals surface area contributed by atoms with Crippen molar-refractivity contribution in [2.45, 2.75) is 32.6 Å². The minimum Gasteiger partial charge on any atom is -0.357 e. The molecular weight excluding hydrogens is 495 g/mol. The third kappa shape index (κ3) is 6.63. The number of alkyl halides is 3. The number of aryl methyl sites for hydroxylation is 1. The van der Waals surface area contributed by atoms with Gasteiger partial charge in [0.15, 0.2) is 0 Å². The number of hydrogen-bond acceptors (Lipinski definition) is 4. The molecule has 0 saturated carbocycles. The predicted octanol–water partition coefficient (Wildman–Crippen LogP) is 3.60. The fraction of sp³-hybridized carbons (Fsp3) is 0.364. The highest BCUT2D eigenvalue weighted by Crippen LogP contribution is 2.37. The number of hydrogen-bond donors (Lipinski definition) is 1. The van der Waals surface area contributed by atoms with Crippen LogP contribution >= 0.6 is 11.6 Å². The highest BCUT2D eigenvalue weighted by atomic mass is 35.5. The Morgan fingerprint density at radius 1 is 1.15 bits per heavy atom. The molecular formula is C22H25ClF3N3O4S. The van der Waals surface area contributed by atoms with Crippen LogP contribution < -0.4 is 9.62 Å². The van der Waals surface area contributed by atoms with Gasteiger partial charge in [-0.25, -0.2) is 8.42 Å². The van der Waals surface area contributed by atoms with E-state index in [2.05, 4.69) is 5.32 Å². The van der Waals surface area contributed by atoms with Gasteiger partial charge in [-0.3, -0.25) is 13.9 Å². The van der Waals surface area contributed by atoms with Crippen LogP contribution in [0.5, 0.6) is 0 Å². The number of halogens is 4. The molecule has 186 valence electrons. The van der Waals surface area contributed by atoms with Crippen molar-refractivity contribution < 1.29 is 31.2 Å². The highest BCUT2D eigenvalue weighted by molar-refractivity contribution is 7.92. The van der Waals surface area contributed by atoms with E-state index in [1.807, 2.05) is 13.0 Å². The van der Waals surface area contributed by atoms with Crippen molar-refractivity contribution in [2.24, 2.45) is 0 Å². The molecule has 1 atom stereocenters. The summed E-state index contributed by atoms with van der Waals surface area (Å²) in [6.07, 6.45) is -4.05. The van der Waals surface area contributed by atoms with Crippen LogP contribution in [0.25, 0.3) is 0 Å². The number of rotatable bonds is 8. The first kappa shape index (κ1) is 27.5. The van der Waals surface area contributed by atoms with Crippen LogP contribution in [0, 0.1) is 6.92 Å². The molecule has 2 aromatic carbocycles. The van der Waals surface area contributed by atoms with E-state index in [9.17, 15) is 31.2 Å². The van der Waals surface area contributed by atoms with Gasteiger partial charge >= 0.3 is 6.18 Å². The molecule has 0 aliphatic carbocycles. The molecule has 0 radical (unpaired) electrons. The number of nitrogens with one attached hydrogen (secondary N) is 1. The Labute approximate surface area is 201 Å². The van der Waals surface area contributed by atoms with Gasteiger partial charge in [0.05, 0.1) is 22.5 Å². The monoisotopic (exact) mass is 519 g/mol. The molecule has 12 heteroatoms. The molecule has 0 spiro atoms. The van der Waals surface area contributed by atoms with Crippen molar-refractivity contribution in [3.05, 3.63) is 64.2 Å². The Bertz CT molecular complexity index is 1170. The second-order valence-electron chi connectivity index (χ2n) is 7.67. The van der Waals surface area contributed by atoms with Gasteiger partial charge in [0.25, 0.3) is 0 Å². The predicted molar refractivity (Wildman–Crippen MR) is 124 cm³/mol. The third-order valence-electron chi connectivity index (χ3n) is 5.24. The van der Waals surface area contributed by atoms with E-state index >= 15 is 0 Å². The molecule has 0 aromatic heterocycles. The van der Waals surface area contributed by atoms with Gasteiger partial charge in [0, 0.05) is 13.6 Å². The van der Waals surface area contributed by atoms with Gasteiger partial charge in [0.2, 0.25) is 21.8 Å². The molecule has 2 rings (SSSR count). The standard InChI is InChI=1S/C22H25ClF3N3O4S/c1-14-7-5-6-8-16(14)12-28(15(2)21(31)27-3)20(30)13-29(34(4,32)33)17-9-10-19(23)18(11-17)22(24,25)26/h5-11,15H,12-13H2,1-4H3,(H,27,31). The van der Waals surface area contributed by atoms with E-state index in [1.54, 1.807) is 18.2 Å². The van der Waals surface area contributed by atoms with E-state index in [0.717, 1.165) is 29.5 Å². The van der Waals surface area contributed by atoms with Crippen molar-refractivity contribution in [2.75, 3.05) is 24.2 Å². The highest BCUT2D eigenvalue weighted by Gasteiger charge is 2.35. The first-order valence-corrected chi connectivity index (χ1v) is 12.3. The van der Waals surface area contributed by atoms with E-state index < -0.39 is 51.2 Å². The van der Waals surface area contributed by atoms with Crippen molar-refractivity contribution in [3.63, 3.8) is 0 Å². The minimum absolute atomic E-state index is 0.00782. The summed E-state index contributed by atoms with van der Waals surface area (Å²) in [7, 11) is -2.79. The maximum Gasteiger partial charge on any atom is 0.417 e. The van der Waals surface area contributed by atoms with Crippen molar-refractivity contribution >= 4 is 39.1 Å². The zero-order valence-corrected chi connectivity index (χ0v) is 20.6. The lowest BCUT2D eigenvalue weighted by atomic mass is 10.1. The molecule has 1 N–H and O–H groups in total. The number of benzene rings is 2. The second kappa shape index (κ2) is 10.6. The molecule has 0 aliphatic rings. The average Bonchev–Trinajstić information content (AvgIpc) is 2.74. The number of carbonyl (C=O) groups excluding carboxylic acids is 2. The quantitative estimate of drug-likeness (QED) is 0.577. The van der Waals surface area contributed by atoms with Crippen LogP contribution in [-0.2, 0) is 32.3 Å². The number of likely N-dealkylation sites (N-methyl/N-ethyl adjacent to an activating group) is 1. The Kier molecular flexibility index (Phi) is 8.59. The van der Waals surface area contributed by atoms with Gasteiger partial charge in [-0.15, -0.1) is 0 Å². The van der Waals surface area contributed by atoms with E-state index in [1.165, 1.54) is 18.9 Å². The second-order valence-corrected chi connectivity index (χ2v) is 9.98. The summed E-state index contributed by atoms with van der Waals surface area (Å²) in [4.78, 5) is 26.8. The number of carbonyl (C=O) groups is 2. The number of anilines is 1. The zero-order chi connectivity index (χ0) is 25.8. The number of sulfonamides is 1. The van der Waals surface area contributed by atoms with Crippen molar-refractivity contribution in [1.29, 1.82) is 0 Å². The van der Waals surface area contributed by atoms with Crippen molar-refractivity contribution in [1.82, 2.24) is 10.2 Å². The summed E-state index contributed by atoms with van der Waals surface area (Å²) in [6, 6.07) is 8.73. The van der Waals surface area contributed by atoms with Gasteiger partial charge in [-0.2, -0.15) is 13.2 Å². The topological polar surface area (TPSA) is 86.8 Å². The molecule has 1 unspecified atom stereocenters. The molecule has 2 amide bonds. The van der Waals surface area contributed by atoms with Crippen LogP contribution in [0.3, 0.4) is 0 Å². The Balaban J connectivity index is 2.49. The summed E-state index contributed by atoms with van der Waals surface area (Å²) in [6.45, 7) is 2.47. The van der Waals surface area contributed by atoms with Gasteiger partial charge < -0.3 is 10.2 Å². The van der Waals surface area contributed by atoms with Crippen LogP contribution in [-0.4, -0.2) is 51.0 Å². The first-order chi connectivity index (χ1) is 15.7. The molecule has 0 fully saturated rings. The largest absolute Gasteiger partial charge is 0.417 e. The van der Waals surface area contributed by atoms with Crippen molar-refractivity contribution in [3.8, 4) is 0 Å². The molecule has 34 heavy (non-hydrogen) atoms. The lowest BCUT2D eigenvalue weighted by molar-refractivity contribution is -0.139. The SMILES string of the molecule is CNC(=O)C(C)N(Cc1ccccc1C)C(=O)CN(c1ccc(Cl)c(C(F)(F)F)c1)S(C)(=O)=O. The molecule has 2 aromatic rings. The lowest BCUT2D eigenvalue weighted by Crippen LogP contribution is -2.50. The molecule has 0 aliphatic heterocycles. The van der Waals surface area contributed by atoms with Crippen LogP contribution in [0.1, 0.15) is 23.6 Å². The molecule has 0 bridgehead atoms. The van der Waals surface area contributed by atoms with E-state index in [-0.39, 0.29) is 12.2 Å². The van der Waals surface area contributed by atoms with Gasteiger partial charge in [-0.1, -0.05) is 35.9 Å². The lowest BCUT2D eigenvalue weighted by Gasteiger charge is -2.31. The third-order valence-corrected chi connectivity index (χ3v) is 6.71. The first-order valence-electron chi connectivity index (χ1n) is 10.1. The smallest absolute Gasteiger partial charge is 0.357 e. The van der Waals surface area contributed by atoms with E-state index in [0.29, 0.717) is 10.4 Å². The maximum atomic E-state index is 13.3. The summed E-state index contributed by atoms with van der Waals surface area (Å²) in [5, 5.41) is 1.84. The van der Waals surface area contributed by atoms with Crippen LogP contribution in [0.2, 0.25) is 5.02 Å². The number of nitrogens with zero attached hydrogens (tertiary/aromatic N) is 2. The summed E-state index contributed by atoms with van der Waals surface area (Å²) >= 11 is 5.65. The fourth-order valence-electron chi connectivity index (χ4n) is 3.26. The average molecular weight is 520 g/mol. The normalized spacial score (nSPS) is 12.7. The summed E-state index contributed by atoms with van der Waals surface area (Å²) < 4.78 is 65.5. The Morgan fingerprint density at radius 3 is 2.29 bits per heavy atom. The molecule has 0 saturated heterocycles. The van der Waals surface area contributed by atoms with E-state index in [4.69, 9.17) is 11.6 Å².